The van der Waals surface area contributed by atoms with Gasteiger partial charge in [-0.2, -0.15) is 13.2 Å². The first-order valence-electron chi connectivity index (χ1n) is 5.77. The summed E-state index contributed by atoms with van der Waals surface area (Å²) in [7, 11) is 0. The Morgan fingerprint density at radius 1 is 1.00 bits per heavy atom. The van der Waals surface area contributed by atoms with Crippen molar-refractivity contribution < 1.29 is 17.6 Å². The summed E-state index contributed by atoms with van der Waals surface area (Å²) in [5, 5.41) is 2.66. The molecule has 0 unspecified atom stereocenters. The van der Waals surface area contributed by atoms with Crippen LogP contribution in [0.15, 0.2) is 36.4 Å². The highest BCUT2D eigenvalue weighted by Gasteiger charge is 2.34. The van der Waals surface area contributed by atoms with E-state index in [0.29, 0.717) is 23.0 Å². The van der Waals surface area contributed by atoms with Crippen molar-refractivity contribution in [3.8, 4) is 0 Å². The number of alkyl halides is 3. The van der Waals surface area contributed by atoms with Crippen LogP contribution in [-0.4, -0.2) is 0 Å². The van der Waals surface area contributed by atoms with E-state index in [0.717, 1.165) is 12.1 Å². The number of benzene rings is 2. The topological polar surface area (TPSA) is 38.0 Å². The first kappa shape index (κ1) is 14.2. The van der Waals surface area contributed by atoms with E-state index in [1.165, 1.54) is 0 Å². The highest BCUT2D eigenvalue weighted by molar-refractivity contribution is 5.68. The lowest BCUT2D eigenvalue weighted by atomic mass is 10.1. The molecular weight excluding hydrogens is 272 g/mol. The third kappa shape index (κ3) is 3.01. The lowest BCUT2D eigenvalue weighted by Crippen LogP contribution is -2.09. The van der Waals surface area contributed by atoms with E-state index in [2.05, 4.69) is 5.32 Å². The Bertz CT molecular complexity index is 636. The second-order valence-corrected chi connectivity index (χ2v) is 4.39. The van der Waals surface area contributed by atoms with Crippen LogP contribution in [0.2, 0.25) is 0 Å². The van der Waals surface area contributed by atoms with Gasteiger partial charge in [0.15, 0.2) is 0 Å². The molecule has 3 N–H and O–H groups in total. The smallest absolute Gasteiger partial charge is 0.399 e. The zero-order chi connectivity index (χ0) is 14.9. The maximum absolute atomic E-state index is 13.0. The van der Waals surface area contributed by atoms with Gasteiger partial charge in [0.2, 0.25) is 0 Å². The zero-order valence-corrected chi connectivity index (χ0v) is 10.6. The van der Waals surface area contributed by atoms with Gasteiger partial charge in [-0.3, -0.25) is 0 Å². The average Bonchev–Trinajstić information content (AvgIpc) is 2.33. The van der Waals surface area contributed by atoms with Gasteiger partial charge in [0.1, 0.15) is 5.82 Å². The standard InChI is InChI=1S/C14H12F4N2/c1-8-6-10(19)3-5-12(8)20-13-4-2-9(15)7-11(13)14(16,17)18/h2-7,20H,19H2,1H3. The lowest BCUT2D eigenvalue weighted by Gasteiger charge is -2.16. The Balaban J connectivity index is 2.43. The van der Waals surface area contributed by atoms with Crippen molar-refractivity contribution in [2.24, 2.45) is 0 Å². The molecule has 0 spiro atoms. The van der Waals surface area contributed by atoms with E-state index in [1.807, 2.05) is 0 Å². The van der Waals surface area contributed by atoms with Crippen LogP contribution in [0.25, 0.3) is 0 Å². The molecule has 6 heteroatoms. The van der Waals surface area contributed by atoms with Crippen LogP contribution in [0.3, 0.4) is 0 Å². The van der Waals surface area contributed by atoms with Crippen molar-refractivity contribution in [3.05, 3.63) is 53.3 Å². The molecule has 0 aliphatic carbocycles. The molecule has 0 aliphatic rings. The van der Waals surface area contributed by atoms with E-state index in [-0.39, 0.29) is 5.69 Å². The van der Waals surface area contributed by atoms with Crippen molar-refractivity contribution in [2.75, 3.05) is 11.1 Å². The van der Waals surface area contributed by atoms with Gasteiger partial charge in [-0.25, -0.2) is 4.39 Å². The molecule has 0 fully saturated rings. The Morgan fingerprint density at radius 2 is 1.65 bits per heavy atom. The Morgan fingerprint density at radius 3 is 2.25 bits per heavy atom. The maximum atomic E-state index is 13.0. The number of nitrogens with one attached hydrogen (secondary N) is 1. The van der Waals surface area contributed by atoms with Crippen LogP contribution in [0.5, 0.6) is 0 Å². The molecule has 20 heavy (non-hydrogen) atoms. The molecule has 2 aromatic carbocycles. The van der Waals surface area contributed by atoms with Crippen LogP contribution >= 0.6 is 0 Å². The second kappa shape index (κ2) is 5.03. The highest BCUT2D eigenvalue weighted by Crippen LogP contribution is 2.37. The molecule has 0 saturated heterocycles. The Kier molecular flexibility index (Phi) is 3.57. The van der Waals surface area contributed by atoms with Crippen molar-refractivity contribution in [3.63, 3.8) is 0 Å². The first-order chi connectivity index (χ1) is 9.27. The Labute approximate surface area is 113 Å². The number of aryl methyl sites for hydroxylation is 1. The number of nitrogen functional groups attached to an aromatic ring is 1. The number of hydrogen-bond donors (Lipinski definition) is 2. The second-order valence-electron chi connectivity index (χ2n) is 4.39. The quantitative estimate of drug-likeness (QED) is 0.630. The van der Waals surface area contributed by atoms with Crippen molar-refractivity contribution in [1.82, 2.24) is 0 Å². The van der Waals surface area contributed by atoms with E-state index >= 15 is 0 Å². The highest BCUT2D eigenvalue weighted by atomic mass is 19.4. The summed E-state index contributed by atoms with van der Waals surface area (Å²) in [6.07, 6.45) is -4.63. The molecular formula is C14H12F4N2. The predicted molar refractivity (Wildman–Crippen MR) is 70.3 cm³/mol. The number of rotatable bonds is 2. The fraction of sp³-hybridized carbons (Fsp3) is 0.143. The molecule has 0 aliphatic heterocycles. The normalized spacial score (nSPS) is 11.4. The van der Waals surface area contributed by atoms with Gasteiger partial charge >= 0.3 is 6.18 Å². The summed E-state index contributed by atoms with van der Waals surface area (Å²) >= 11 is 0. The number of anilines is 3. The van der Waals surface area contributed by atoms with Gasteiger partial charge in [-0.05, 0) is 48.9 Å². The van der Waals surface area contributed by atoms with Crippen molar-refractivity contribution in [1.29, 1.82) is 0 Å². The molecule has 2 aromatic rings. The van der Waals surface area contributed by atoms with Gasteiger partial charge in [0.05, 0.1) is 11.3 Å². The monoisotopic (exact) mass is 284 g/mol. The summed E-state index contributed by atoms with van der Waals surface area (Å²) in [5.41, 5.74) is 6.03. The molecule has 106 valence electrons. The van der Waals surface area contributed by atoms with Crippen LogP contribution < -0.4 is 11.1 Å². The van der Waals surface area contributed by atoms with Crippen LogP contribution in [-0.2, 0) is 6.18 Å². The molecule has 2 nitrogen and oxygen atoms in total. The zero-order valence-electron chi connectivity index (χ0n) is 10.6. The first-order valence-corrected chi connectivity index (χ1v) is 5.77. The third-order valence-electron chi connectivity index (χ3n) is 2.81. The molecule has 0 amide bonds. The summed E-state index contributed by atoms with van der Waals surface area (Å²) in [6.45, 7) is 1.72. The van der Waals surface area contributed by atoms with Crippen LogP contribution in [0.1, 0.15) is 11.1 Å². The summed E-state index contributed by atoms with van der Waals surface area (Å²) in [6, 6.07) is 7.30. The number of halogens is 4. The minimum atomic E-state index is -4.63. The van der Waals surface area contributed by atoms with Crippen molar-refractivity contribution >= 4 is 17.1 Å². The van der Waals surface area contributed by atoms with Gasteiger partial charge < -0.3 is 11.1 Å². The predicted octanol–water partition coefficient (Wildman–Crippen LogP) is 4.48. The Hall–Kier alpha value is -2.24. The van der Waals surface area contributed by atoms with Crippen LogP contribution in [0.4, 0.5) is 34.6 Å². The van der Waals surface area contributed by atoms with Gasteiger partial charge in [-0.15, -0.1) is 0 Å². The third-order valence-corrected chi connectivity index (χ3v) is 2.81. The lowest BCUT2D eigenvalue weighted by molar-refractivity contribution is -0.137. The fourth-order valence-electron chi connectivity index (χ4n) is 1.83. The largest absolute Gasteiger partial charge is 0.418 e. The molecule has 2 rings (SSSR count). The summed E-state index contributed by atoms with van der Waals surface area (Å²) in [5.74, 6) is -0.933. The van der Waals surface area contributed by atoms with E-state index in [1.54, 1.807) is 25.1 Å². The minimum absolute atomic E-state index is 0.202. The molecule has 0 radical (unpaired) electrons. The minimum Gasteiger partial charge on any atom is -0.399 e. The SMILES string of the molecule is Cc1cc(N)ccc1Nc1ccc(F)cc1C(F)(F)F. The van der Waals surface area contributed by atoms with Gasteiger partial charge in [-0.1, -0.05) is 0 Å². The fourth-order valence-corrected chi connectivity index (χ4v) is 1.83. The van der Waals surface area contributed by atoms with E-state index in [9.17, 15) is 17.6 Å². The number of nitrogens with two attached hydrogens (primary N) is 1. The van der Waals surface area contributed by atoms with E-state index in [4.69, 9.17) is 5.73 Å². The van der Waals surface area contributed by atoms with E-state index < -0.39 is 17.6 Å². The molecule has 0 bridgehead atoms. The molecule has 0 aromatic heterocycles. The molecule has 0 heterocycles. The maximum Gasteiger partial charge on any atom is 0.418 e. The number of hydrogen-bond acceptors (Lipinski definition) is 2. The summed E-state index contributed by atoms with van der Waals surface area (Å²) < 4.78 is 51.6. The summed E-state index contributed by atoms with van der Waals surface area (Å²) in [4.78, 5) is 0. The van der Waals surface area contributed by atoms with Crippen LogP contribution in [0, 0.1) is 12.7 Å². The average molecular weight is 284 g/mol. The van der Waals surface area contributed by atoms with Gasteiger partial charge in [0.25, 0.3) is 0 Å². The molecule has 0 saturated carbocycles. The van der Waals surface area contributed by atoms with Gasteiger partial charge in [0, 0.05) is 11.4 Å². The molecule has 0 atom stereocenters. The van der Waals surface area contributed by atoms with Crippen molar-refractivity contribution in [2.45, 2.75) is 13.1 Å².